The van der Waals surface area contributed by atoms with E-state index in [9.17, 15) is 0 Å². The lowest BCUT2D eigenvalue weighted by molar-refractivity contribution is 0.197. The number of aromatic nitrogens is 2. The zero-order chi connectivity index (χ0) is 17.4. The van der Waals surface area contributed by atoms with Crippen LogP contribution >= 0.6 is 12.2 Å². The van der Waals surface area contributed by atoms with Gasteiger partial charge in [0.05, 0.1) is 17.8 Å². The molecule has 4 nitrogen and oxygen atoms in total. The molecule has 1 saturated carbocycles. The fourth-order valence-electron chi connectivity index (χ4n) is 4.50. The Morgan fingerprint density at radius 2 is 1.96 bits per heavy atom. The van der Waals surface area contributed by atoms with Crippen LogP contribution in [0.15, 0.2) is 30.5 Å². The van der Waals surface area contributed by atoms with E-state index in [-0.39, 0.29) is 12.1 Å². The van der Waals surface area contributed by atoms with Crippen LogP contribution in [0.2, 0.25) is 0 Å². The number of nitrogens with one attached hydrogen (secondary N) is 2. The molecule has 1 aliphatic heterocycles. The van der Waals surface area contributed by atoms with Crippen LogP contribution in [0.3, 0.4) is 0 Å². The van der Waals surface area contributed by atoms with Crippen molar-refractivity contribution in [3.63, 3.8) is 0 Å². The summed E-state index contributed by atoms with van der Waals surface area (Å²) < 4.78 is 0. The summed E-state index contributed by atoms with van der Waals surface area (Å²) in [5, 5.41) is 4.46. The first-order chi connectivity index (χ1) is 12.1. The highest BCUT2D eigenvalue weighted by atomic mass is 32.1. The third kappa shape index (κ3) is 3.06. The van der Waals surface area contributed by atoms with Crippen LogP contribution in [0.5, 0.6) is 0 Å². The van der Waals surface area contributed by atoms with Crippen LogP contribution < -0.4 is 5.32 Å². The minimum Gasteiger partial charge on any atom is -0.362 e. The number of hydrogen-bond donors (Lipinski definition) is 2. The highest BCUT2D eigenvalue weighted by Gasteiger charge is 2.43. The maximum absolute atomic E-state index is 5.80. The van der Waals surface area contributed by atoms with E-state index < -0.39 is 0 Å². The second kappa shape index (κ2) is 6.79. The molecule has 2 aliphatic rings. The van der Waals surface area contributed by atoms with E-state index in [1.165, 1.54) is 49.1 Å². The Morgan fingerprint density at radius 3 is 2.60 bits per heavy atom. The minimum atomic E-state index is 0.101. The molecule has 25 heavy (non-hydrogen) atoms. The average molecular weight is 355 g/mol. The van der Waals surface area contributed by atoms with Crippen LogP contribution in [-0.4, -0.2) is 26.0 Å². The van der Waals surface area contributed by atoms with Crippen molar-refractivity contribution in [2.75, 3.05) is 0 Å². The molecule has 2 aromatic heterocycles. The van der Waals surface area contributed by atoms with Gasteiger partial charge in [0.15, 0.2) is 5.11 Å². The van der Waals surface area contributed by atoms with E-state index in [2.05, 4.69) is 52.2 Å². The normalized spacial score (nSPS) is 24.6. The van der Waals surface area contributed by atoms with Crippen molar-refractivity contribution < 1.29 is 0 Å². The van der Waals surface area contributed by atoms with Crippen LogP contribution in [0.25, 0.3) is 0 Å². The predicted molar refractivity (Wildman–Crippen MR) is 104 cm³/mol. The van der Waals surface area contributed by atoms with Crippen molar-refractivity contribution in [1.82, 2.24) is 20.2 Å². The predicted octanol–water partition coefficient (Wildman–Crippen LogP) is 4.33. The Morgan fingerprint density at radius 1 is 1.16 bits per heavy atom. The van der Waals surface area contributed by atoms with Gasteiger partial charge >= 0.3 is 0 Å². The maximum Gasteiger partial charge on any atom is 0.170 e. The molecule has 1 aliphatic carbocycles. The standard InChI is InChI=1S/C20H26N4S/c1-13-12-16(14(2)22-13)19-18(17-10-6-7-11-21-17)23-20(25)24(19)15-8-4-3-5-9-15/h6-7,10-12,15,18-19,22H,3-5,8-9H2,1-2H3,(H,23,25). The molecule has 0 radical (unpaired) electrons. The molecule has 2 atom stereocenters. The summed E-state index contributed by atoms with van der Waals surface area (Å²) in [5.41, 5.74) is 4.84. The van der Waals surface area contributed by atoms with E-state index >= 15 is 0 Å². The SMILES string of the molecule is Cc1cc(C2C(c3ccccn3)NC(=S)N2C2CCCCC2)c(C)[nH]1. The Hall–Kier alpha value is -1.88. The van der Waals surface area contributed by atoms with Crippen LogP contribution in [-0.2, 0) is 0 Å². The summed E-state index contributed by atoms with van der Waals surface area (Å²) in [4.78, 5) is 10.6. The second-order valence-corrected chi connectivity index (χ2v) is 7.75. The maximum atomic E-state index is 5.80. The van der Waals surface area contributed by atoms with E-state index in [0.717, 1.165) is 10.8 Å². The fraction of sp³-hybridized carbons (Fsp3) is 0.500. The summed E-state index contributed by atoms with van der Waals surface area (Å²) >= 11 is 5.80. The Kier molecular flexibility index (Phi) is 4.50. The molecule has 5 heteroatoms. The van der Waals surface area contributed by atoms with Crippen molar-refractivity contribution in [2.45, 2.75) is 64.1 Å². The van der Waals surface area contributed by atoms with Gasteiger partial charge in [-0.2, -0.15) is 0 Å². The number of H-pyrrole nitrogens is 1. The fourth-order valence-corrected chi connectivity index (χ4v) is 4.89. The highest BCUT2D eigenvalue weighted by Crippen LogP contribution is 2.43. The zero-order valence-electron chi connectivity index (χ0n) is 15.0. The van der Waals surface area contributed by atoms with Gasteiger partial charge in [-0.1, -0.05) is 25.3 Å². The molecule has 3 heterocycles. The van der Waals surface area contributed by atoms with Crippen molar-refractivity contribution in [3.05, 3.63) is 53.1 Å². The molecular formula is C20H26N4S. The van der Waals surface area contributed by atoms with Gasteiger partial charge in [0, 0.05) is 23.6 Å². The number of rotatable bonds is 3. The molecule has 132 valence electrons. The first kappa shape index (κ1) is 16.6. The van der Waals surface area contributed by atoms with E-state index in [1.807, 2.05) is 12.3 Å². The molecule has 1 saturated heterocycles. The first-order valence-electron chi connectivity index (χ1n) is 9.31. The summed E-state index contributed by atoms with van der Waals surface area (Å²) in [6.07, 6.45) is 8.29. The van der Waals surface area contributed by atoms with Gasteiger partial charge in [0.2, 0.25) is 0 Å². The molecule has 0 aromatic carbocycles. The van der Waals surface area contributed by atoms with Gasteiger partial charge in [-0.25, -0.2) is 0 Å². The lowest BCUT2D eigenvalue weighted by Crippen LogP contribution is -2.40. The van der Waals surface area contributed by atoms with Crippen molar-refractivity contribution >= 4 is 17.3 Å². The Labute approximate surface area is 155 Å². The molecule has 2 unspecified atom stereocenters. The smallest absolute Gasteiger partial charge is 0.170 e. The lowest BCUT2D eigenvalue weighted by Gasteiger charge is -2.37. The number of hydrogen-bond acceptors (Lipinski definition) is 2. The average Bonchev–Trinajstić information content (AvgIpc) is 3.15. The summed E-state index contributed by atoms with van der Waals surface area (Å²) in [6, 6.07) is 9.24. The lowest BCUT2D eigenvalue weighted by atomic mass is 9.90. The van der Waals surface area contributed by atoms with Crippen molar-refractivity contribution in [1.29, 1.82) is 0 Å². The van der Waals surface area contributed by atoms with Gasteiger partial charge in [0.1, 0.15) is 0 Å². The topological polar surface area (TPSA) is 44.0 Å². The molecule has 4 rings (SSSR count). The largest absolute Gasteiger partial charge is 0.362 e. The van der Waals surface area contributed by atoms with Gasteiger partial charge in [-0.15, -0.1) is 0 Å². The van der Waals surface area contributed by atoms with E-state index in [4.69, 9.17) is 12.2 Å². The number of aromatic amines is 1. The number of thiocarbonyl (C=S) groups is 1. The molecule has 2 aromatic rings. The zero-order valence-corrected chi connectivity index (χ0v) is 15.8. The van der Waals surface area contributed by atoms with Crippen molar-refractivity contribution in [3.8, 4) is 0 Å². The summed E-state index contributed by atoms with van der Waals surface area (Å²) in [7, 11) is 0. The monoisotopic (exact) mass is 354 g/mol. The number of nitrogens with zero attached hydrogens (tertiary/aromatic N) is 2. The second-order valence-electron chi connectivity index (χ2n) is 7.36. The number of aryl methyl sites for hydroxylation is 2. The molecule has 2 fully saturated rings. The molecule has 2 N–H and O–H groups in total. The van der Waals surface area contributed by atoms with Gasteiger partial charge in [0.25, 0.3) is 0 Å². The molecule has 0 bridgehead atoms. The third-order valence-corrected chi connectivity index (χ3v) is 5.94. The van der Waals surface area contributed by atoms with Gasteiger partial charge in [-0.3, -0.25) is 4.98 Å². The van der Waals surface area contributed by atoms with Crippen LogP contribution in [0.1, 0.15) is 66.8 Å². The van der Waals surface area contributed by atoms with Gasteiger partial charge < -0.3 is 15.2 Å². The number of pyridine rings is 1. The molecular weight excluding hydrogens is 328 g/mol. The first-order valence-corrected chi connectivity index (χ1v) is 9.72. The summed E-state index contributed by atoms with van der Waals surface area (Å²) in [6.45, 7) is 4.29. The minimum absolute atomic E-state index is 0.101. The molecule has 0 amide bonds. The molecule has 0 spiro atoms. The summed E-state index contributed by atoms with van der Waals surface area (Å²) in [5.74, 6) is 0. The Balaban J connectivity index is 1.77. The van der Waals surface area contributed by atoms with E-state index in [0.29, 0.717) is 6.04 Å². The Bertz CT molecular complexity index is 748. The highest BCUT2D eigenvalue weighted by molar-refractivity contribution is 7.80. The quantitative estimate of drug-likeness (QED) is 0.805. The van der Waals surface area contributed by atoms with Crippen LogP contribution in [0.4, 0.5) is 0 Å². The van der Waals surface area contributed by atoms with Gasteiger partial charge in [-0.05, 0) is 62.7 Å². The van der Waals surface area contributed by atoms with Crippen molar-refractivity contribution in [2.24, 2.45) is 0 Å². The van der Waals surface area contributed by atoms with Crippen LogP contribution in [0, 0.1) is 13.8 Å². The third-order valence-electron chi connectivity index (χ3n) is 5.61. The van der Waals surface area contributed by atoms with E-state index in [1.54, 1.807) is 0 Å².